The van der Waals surface area contributed by atoms with Crippen LogP contribution < -0.4 is 9.64 Å². The summed E-state index contributed by atoms with van der Waals surface area (Å²) in [6.07, 6.45) is 3.41. The van der Waals surface area contributed by atoms with Crippen LogP contribution in [0.15, 0.2) is 36.5 Å². The van der Waals surface area contributed by atoms with Crippen LogP contribution in [0.25, 0.3) is 11.0 Å². The second-order valence-corrected chi connectivity index (χ2v) is 10.2. The lowest BCUT2D eigenvalue weighted by Crippen LogP contribution is -2.52. The Hall–Kier alpha value is -3.37. The molecular weight excluding hydrogens is 492 g/mol. The van der Waals surface area contributed by atoms with Gasteiger partial charge in [0.25, 0.3) is 5.91 Å². The van der Waals surface area contributed by atoms with Crippen molar-refractivity contribution in [2.24, 2.45) is 0 Å². The second kappa shape index (κ2) is 10.4. The minimum absolute atomic E-state index is 0.0428. The van der Waals surface area contributed by atoms with Crippen LogP contribution in [0.2, 0.25) is 0 Å². The molecule has 200 valence electrons. The van der Waals surface area contributed by atoms with Crippen molar-refractivity contribution >= 4 is 22.8 Å². The minimum atomic E-state index is -0.982. The number of anilines is 1. The monoisotopic (exact) mass is 523 g/mol. The van der Waals surface area contributed by atoms with Crippen LogP contribution in [0.3, 0.4) is 0 Å². The van der Waals surface area contributed by atoms with Gasteiger partial charge in [0.15, 0.2) is 11.6 Å². The molecule has 0 saturated carbocycles. The van der Waals surface area contributed by atoms with Gasteiger partial charge < -0.3 is 19.3 Å². The Kier molecular flexibility index (Phi) is 6.84. The lowest BCUT2D eigenvalue weighted by Gasteiger charge is -2.37. The molecule has 0 radical (unpaired) electrons. The lowest BCUT2D eigenvalue weighted by atomic mass is 10.0. The van der Waals surface area contributed by atoms with Gasteiger partial charge in [-0.3, -0.25) is 14.7 Å². The molecule has 2 aromatic carbocycles. The molecule has 3 aromatic rings. The molecule has 8 nitrogen and oxygen atoms in total. The zero-order valence-electron chi connectivity index (χ0n) is 21.4. The van der Waals surface area contributed by atoms with Crippen LogP contribution in [-0.4, -0.2) is 84.2 Å². The third-order valence-electron chi connectivity index (χ3n) is 7.76. The van der Waals surface area contributed by atoms with Gasteiger partial charge in [-0.2, -0.15) is 0 Å². The van der Waals surface area contributed by atoms with Crippen molar-refractivity contribution in [3.05, 3.63) is 59.3 Å². The molecule has 3 saturated heterocycles. The van der Waals surface area contributed by atoms with Crippen LogP contribution in [0.5, 0.6) is 5.75 Å². The van der Waals surface area contributed by atoms with Crippen LogP contribution in [0.1, 0.15) is 41.8 Å². The quantitative estimate of drug-likeness (QED) is 0.504. The summed E-state index contributed by atoms with van der Waals surface area (Å²) in [6.45, 7) is 7.85. The number of amides is 1. The molecule has 1 amide bonds. The summed E-state index contributed by atoms with van der Waals surface area (Å²) >= 11 is 0. The van der Waals surface area contributed by atoms with Crippen molar-refractivity contribution in [1.82, 2.24) is 19.8 Å². The maximum absolute atomic E-state index is 13.9. The standard InChI is InChI=1S/C28H31F2N5O3/c1-18(38-21-4-5-23(29)24(30)15-21)22-13-19(28(36)35-8-7-33-6-2-3-20(33)17-35)14-25-27(22)32-26(16-31-25)34-9-11-37-12-10-34/h4-5,13-16,18,20H,2-3,6-12,17H2,1H3. The molecule has 0 spiro atoms. The van der Waals surface area contributed by atoms with E-state index in [1.54, 1.807) is 12.3 Å². The Balaban J connectivity index is 1.36. The second-order valence-electron chi connectivity index (χ2n) is 10.2. The number of fused-ring (bicyclic) bond motifs is 2. The number of aromatic nitrogens is 2. The van der Waals surface area contributed by atoms with E-state index in [9.17, 15) is 13.6 Å². The highest BCUT2D eigenvalue weighted by Gasteiger charge is 2.33. The van der Waals surface area contributed by atoms with Crippen LogP contribution in [-0.2, 0) is 4.74 Å². The van der Waals surface area contributed by atoms with Crippen molar-refractivity contribution in [3.8, 4) is 5.75 Å². The first-order valence-corrected chi connectivity index (χ1v) is 13.2. The number of morpholine rings is 1. The number of rotatable bonds is 5. The lowest BCUT2D eigenvalue weighted by molar-refractivity contribution is 0.0571. The summed E-state index contributed by atoms with van der Waals surface area (Å²) in [5.41, 5.74) is 2.38. The molecule has 6 rings (SSSR count). The minimum Gasteiger partial charge on any atom is -0.486 e. The van der Waals surface area contributed by atoms with E-state index in [0.717, 1.165) is 44.0 Å². The highest BCUT2D eigenvalue weighted by Crippen LogP contribution is 2.31. The topological polar surface area (TPSA) is 71.0 Å². The fourth-order valence-corrected chi connectivity index (χ4v) is 5.69. The van der Waals surface area contributed by atoms with E-state index in [1.807, 2.05) is 17.9 Å². The third-order valence-corrected chi connectivity index (χ3v) is 7.76. The van der Waals surface area contributed by atoms with E-state index in [-0.39, 0.29) is 11.7 Å². The van der Waals surface area contributed by atoms with Gasteiger partial charge in [-0.25, -0.2) is 13.8 Å². The Bertz CT molecular complexity index is 1350. The van der Waals surface area contributed by atoms with E-state index >= 15 is 0 Å². The maximum atomic E-state index is 13.9. The van der Waals surface area contributed by atoms with Gasteiger partial charge in [-0.05, 0) is 50.6 Å². The zero-order valence-corrected chi connectivity index (χ0v) is 21.4. The van der Waals surface area contributed by atoms with Crippen LogP contribution >= 0.6 is 0 Å². The molecule has 2 atom stereocenters. The highest BCUT2D eigenvalue weighted by molar-refractivity contribution is 5.98. The predicted octanol–water partition coefficient (Wildman–Crippen LogP) is 3.80. The number of hydrogen-bond acceptors (Lipinski definition) is 7. The number of ether oxygens (including phenoxy) is 2. The molecule has 1 aromatic heterocycles. The number of carbonyl (C=O) groups excluding carboxylic acids is 1. The fraction of sp³-hybridized carbons (Fsp3) is 0.464. The van der Waals surface area contributed by atoms with E-state index < -0.39 is 17.7 Å². The summed E-state index contributed by atoms with van der Waals surface area (Å²) in [6, 6.07) is 7.47. The molecule has 0 bridgehead atoms. The summed E-state index contributed by atoms with van der Waals surface area (Å²) in [5, 5.41) is 0. The van der Waals surface area contributed by atoms with E-state index in [4.69, 9.17) is 14.5 Å². The van der Waals surface area contributed by atoms with Gasteiger partial charge in [-0.15, -0.1) is 0 Å². The van der Waals surface area contributed by atoms with E-state index in [2.05, 4.69) is 14.8 Å². The molecule has 0 N–H and O–H groups in total. The van der Waals surface area contributed by atoms with Crippen molar-refractivity contribution in [1.29, 1.82) is 0 Å². The zero-order chi connectivity index (χ0) is 26.2. The van der Waals surface area contributed by atoms with Gasteiger partial charge in [0.05, 0.1) is 30.4 Å². The van der Waals surface area contributed by atoms with Gasteiger partial charge in [0.1, 0.15) is 17.7 Å². The third kappa shape index (κ3) is 4.90. The summed E-state index contributed by atoms with van der Waals surface area (Å²) in [4.78, 5) is 29.8. The number of carbonyl (C=O) groups is 1. The van der Waals surface area contributed by atoms with Crippen molar-refractivity contribution < 1.29 is 23.0 Å². The molecule has 3 aliphatic heterocycles. The Morgan fingerprint density at radius 1 is 1.08 bits per heavy atom. The van der Waals surface area contributed by atoms with Gasteiger partial charge in [0.2, 0.25) is 0 Å². The largest absolute Gasteiger partial charge is 0.486 e. The highest BCUT2D eigenvalue weighted by atomic mass is 19.2. The first-order valence-electron chi connectivity index (χ1n) is 13.2. The Morgan fingerprint density at radius 3 is 2.74 bits per heavy atom. The number of nitrogens with zero attached hydrogens (tertiary/aromatic N) is 5. The normalized spacial score (nSPS) is 21.0. The number of hydrogen-bond donors (Lipinski definition) is 0. The molecule has 0 aliphatic carbocycles. The maximum Gasteiger partial charge on any atom is 0.254 e. The summed E-state index contributed by atoms with van der Waals surface area (Å²) in [5.74, 6) is -1.05. The molecule has 3 aliphatic rings. The van der Waals surface area contributed by atoms with Crippen molar-refractivity contribution in [3.63, 3.8) is 0 Å². The van der Waals surface area contributed by atoms with Gasteiger partial charge >= 0.3 is 0 Å². The first-order chi connectivity index (χ1) is 18.5. The summed E-state index contributed by atoms with van der Waals surface area (Å²) in [7, 11) is 0. The molecule has 2 unspecified atom stereocenters. The van der Waals surface area contributed by atoms with Gasteiger partial charge in [-0.1, -0.05) is 0 Å². The smallest absolute Gasteiger partial charge is 0.254 e. The predicted molar refractivity (Wildman–Crippen MR) is 138 cm³/mol. The Morgan fingerprint density at radius 2 is 1.92 bits per heavy atom. The summed E-state index contributed by atoms with van der Waals surface area (Å²) < 4.78 is 38.8. The number of halogens is 2. The first kappa shape index (κ1) is 24.9. The van der Waals surface area contributed by atoms with Crippen molar-refractivity contribution in [2.45, 2.75) is 31.9 Å². The molecule has 4 heterocycles. The average Bonchev–Trinajstić information content (AvgIpc) is 3.42. The van der Waals surface area contributed by atoms with Gasteiger partial charge in [0, 0.05) is 56.0 Å². The Labute approximate surface area is 220 Å². The number of benzene rings is 2. The van der Waals surface area contributed by atoms with E-state index in [0.29, 0.717) is 61.1 Å². The molecule has 38 heavy (non-hydrogen) atoms. The molecule has 10 heteroatoms. The number of piperazine rings is 1. The molecule has 3 fully saturated rings. The molecular formula is C28H31F2N5O3. The SMILES string of the molecule is CC(Oc1ccc(F)c(F)c1)c1cc(C(=O)N2CCN3CCCC3C2)cc2ncc(N3CCOCC3)nc12. The van der Waals surface area contributed by atoms with Crippen molar-refractivity contribution in [2.75, 3.05) is 57.4 Å². The fourth-order valence-electron chi connectivity index (χ4n) is 5.69. The van der Waals surface area contributed by atoms with Crippen LogP contribution in [0.4, 0.5) is 14.6 Å². The average molecular weight is 524 g/mol. The van der Waals surface area contributed by atoms with Crippen LogP contribution in [0, 0.1) is 11.6 Å². The van der Waals surface area contributed by atoms with E-state index in [1.165, 1.54) is 12.5 Å².